The molecule has 13 heavy (non-hydrogen) atoms. The Kier molecular flexibility index (Phi) is 4.73. The molecule has 1 aromatic heterocycles. The Balaban J connectivity index is 2.53. The predicted molar refractivity (Wildman–Crippen MR) is 64.5 cm³/mol. The molecule has 1 rings (SSSR count). The van der Waals surface area contributed by atoms with Crippen molar-refractivity contribution in [2.24, 2.45) is 0 Å². The number of hydrogen-bond acceptors (Lipinski definition) is 2. The van der Waals surface area contributed by atoms with Crippen LogP contribution in [0.5, 0.6) is 0 Å². The first-order valence-corrected chi connectivity index (χ1v) is 7.66. The van der Waals surface area contributed by atoms with Crippen LogP contribution in [0.2, 0.25) is 0 Å². The molecule has 0 aliphatic heterocycles. The molecule has 0 aliphatic rings. The molecule has 4 heteroatoms. The maximum absolute atomic E-state index is 4.09. The van der Waals surface area contributed by atoms with Crippen molar-refractivity contribution in [3.8, 4) is 0 Å². The van der Waals surface area contributed by atoms with Crippen LogP contribution in [0.25, 0.3) is 0 Å². The fourth-order valence-corrected chi connectivity index (χ4v) is 5.25. The van der Waals surface area contributed by atoms with E-state index in [1.165, 1.54) is 12.2 Å². The highest BCUT2D eigenvalue weighted by atomic mass is 33.1. The van der Waals surface area contributed by atoms with Crippen LogP contribution in [0.1, 0.15) is 27.2 Å². The van der Waals surface area contributed by atoms with Crippen molar-refractivity contribution in [2.45, 2.75) is 32.4 Å². The molecule has 1 aromatic rings. The van der Waals surface area contributed by atoms with Gasteiger partial charge >= 0.3 is 0 Å². The third kappa shape index (κ3) is 3.27. The lowest BCUT2D eigenvalue weighted by atomic mass is 10.4. The second-order valence-electron chi connectivity index (χ2n) is 2.94. The van der Waals surface area contributed by atoms with Gasteiger partial charge in [-0.3, -0.25) is 3.97 Å². The number of hydrogen-bond donors (Lipinski definition) is 1. The van der Waals surface area contributed by atoms with Crippen LogP contribution in [-0.4, -0.2) is 20.0 Å². The monoisotopic (exact) mass is 218 g/mol. The Hall–Kier alpha value is -0.0900. The molecule has 0 amide bonds. The van der Waals surface area contributed by atoms with Crippen molar-refractivity contribution in [2.75, 3.05) is 5.75 Å². The van der Waals surface area contributed by atoms with Crippen LogP contribution in [0.4, 0.5) is 0 Å². The smallest absolute Gasteiger partial charge is 0.104 e. The molecule has 0 fully saturated rings. The predicted octanol–water partition coefficient (Wildman–Crippen LogP) is 3.11. The van der Waals surface area contributed by atoms with Crippen LogP contribution >= 0.6 is 20.9 Å². The SMILES string of the molecule is CCC(C)S[SH](CC)n1ccnc1. The molecule has 0 spiro atoms. The van der Waals surface area contributed by atoms with E-state index < -0.39 is 0 Å². The first-order chi connectivity index (χ1) is 6.27. The Bertz CT molecular complexity index is 224. The minimum absolute atomic E-state index is 0.0909. The zero-order chi connectivity index (χ0) is 9.68. The first kappa shape index (κ1) is 11.0. The highest BCUT2D eigenvalue weighted by Gasteiger charge is 2.07. The molecule has 76 valence electrons. The summed E-state index contributed by atoms with van der Waals surface area (Å²) in [5.74, 6) is 1.22. The summed E-state index contributed by atoms with van der Waals surface area (Å²) >= 11 is 0. The lowest BCUT2D eigenvalue weighted by Crippen LogP contribution is -1.98. The molecule has 0 saturated carbocycles. The molecule has 0 N–H and O–H groups in total. The molecular weight excluding hydrogens is 200 g/mol. The van der Waals surface area contributed by atoms with Gasteiger partial charge in [-0.1, -0.05) is 31.6 Å². The summed E-state index contributed by atoms with van der Waals surface area (Å²) in [6.07, 6.45) is 7.12. The summed E-state index contributed by atoms with van der Waals surface area (Å²) in [5, 5.41) is 0.758. The van der Waals surface area contributed by atoms with Crippen LogP contribution < -0.4 is 0 Å². The van der Waals surface area contributed by atoms with Gasteiger partial charge in [-0.15, -0.1) is 10.1 Å². The van der Waals surface area contributed by atoms with E-state index in [2.05, 4.69) is 46.7 Å². The van der Waals surface area contributed by atoms with Crippen LogP contribution in [-0.2, 0) is 0 Å². The van der Waals surface area contributed by atoms with Crippen LogP contribution in [0.3, 0.4) is 0 Å². The van der Waals surface area contributed by atoms with Crippen molar-refractivity contribution in [1.29, 1.82) is 0 Å². The van der Waals surface area contributed by atoms with E-state index in [0.29, 0.717) is 0 Å². The Morgan fingerprint density at radius 3 is 2.77 bits per heavy atom. The molecule has 0 saturated heterocycles. The molecule has 2 unspecified atom stereocenters. The van der Waals surface area contributed by atoms with Crippen molar-refractivity contribution in [1.82, 2.24) is 8.96 Å². The second-order valence-corrected chi connectivity index (χ2v) is 7.65. The lowest BCUT2D eigenvalue weighted by molar-refractivity contribution is 0.911. The number of rotatable bonds is 5. The van der Waals surface area contributed by atoms with Gasteiger partial charge < -0.3 is 0 Å². The summed E-state index contributed by atoms with van der Waals surface area (Å²) in [7, 11) is 2.00. The lowest BCUT2D eigenvalue weighted by Gasteiger charge is -2.23. The summed E-state index contributed by atoms with van der Waals surface area (Å²) in [6.45, 7) is 6.79. The molecule has 0 bridgehead atoms. The van der Waals surface area contributed by atoms with Crippen molar-refractivity contribution in [3.63, 3.8) is 0 Å². The highest BCUT2D eigenvalue weighted by molar-refractivity contribution is 8.84. The van der Waals surface area contributed by atoms with Gasteiger partial charge in [0.25, 0.3) is 0 Å². The molecule has 0 radical (unpaired) electrons. The first-order valence-electron chi connectivity index (χ1n) is 4.70. The minimum atomic E-state index is -0.0909. The Labute approximate surface area is 87.0 Å². The van der Waals surface area contributed by atoms with Gasteiger partial charge in [0.05, 0.1) is 0 Å². The standard InChI is InChI=1S/C9H18N2S2/c1-4-9(3)12-13(5-2)11-7-6-10-8-11/h6-9,13H,4-5H2,1-3H3. The Morgan fingerprint density at radius 1 is 1.54 bits per heavy atom. The van der Waals surface area contributed by atoms with E-state index in [4.69, 9.17) is 0 Å². The zero-order valence-electron chi connectivity index (χ0n) is 8.47. The largest absolute Gasteiger partial charge is 0.293 e. The topological polar surface area (TPSA) is 17.8 Å². The minimum Gasteiger partial charge on any atom is -0.293 e. The summed E-state index contributed by atoms with van der Waals surface area (Å²) in [4.78, 5) is 4.09. The summed E-state index contributed by atoms with van der Waals surface area (Å²) in [6, 6.07) is 0. The van der Waals surface area contributed by atoms with Crippen molar-refractivity contribution >= 4 is 20.9 Å². The van der Waals surface area contributed by atoms with Gasteiger partial charge in [-0.25, -0.2) is 4.98 Å². The van der Waals surface area contributed by atoms with Crippen LogP contribution in [0, 0.1) is 0 Å². The zero-order valence-corrected chi connectivity index (χ0v) is 10.2. The fourth-order valence-electron chi connectivity index (χ4n) is 0.959. The average Bonchev–Trinajstić information content (AvgIpc) is 2.66. The number of nitrogens with zero attached hydrogens (tertiary/aromatic N) is 2. The third-order valence-corrected chi connectivity index (χ3v) is 7.27. The maximum atomic E-state index is 4.09. The van der Waals surface area contributed by atoms with Crippen molar-refractivity contribution < 1.29 is 0 Å². The van der Waals surface area contributed by atoms with Crippen LogP contribution in [0.15, 0.2) is 18.7 Å². The summed E-state index contributed by atoms with van der Waals surface area (Å²) < 4.78 is 2.26. The van der Waals surface area contributed by atoms with Gasteiger partial charge in [-0.05, 0) is 12.2 Å². The normalized spacial score (nSPS) is 17.0. The molecule has 1 heterocycles. The second kappa shape index (κ2) is 5.60. The molecular formula is C9H18N2S2. The molecule has 2 atom stereocenters. The van der Waals surface area contributed by atoms with Gasteiger partial charge in [0.2, 0.25) is 0 Å². The van der Waals surface area contributed by atoms with Crippen molar-refractivity contribution in [3.05, 3.63) is 18.7 Å². The van der Waals surface area contributed by atoms with E-state index in [1.54, 1.807) is 0 Å². The molecule has 0 aliphatic carbocycles. The van der Waals surface area contributed by atoms with Gasteiger partial charge in [0.1, 0.15) is 6.33 Å². The fraction of sp³-hybridized carbons (Fsp3) is 0.667. The van der Waals surface area contributed by atoms with E-state index in [-0.39, 0.29) is 10.1 Å². The number of thiol groups is 1. The van der Waals surface area contributed by atoms with E-state index in [1.807, 2.05) is 12.5 Å². The van der Waals surface area contributed by atoms with Gasteiger partial charge in [0, 0.05) is 17.6 Å². The molecule has 0 aromatic carbocycles. The molecule has 2 nitrogen and oxygen atoms in total. The van der Waals surface area contributed by atoms with Gasteiger partial charge in [-0.2, -0.15) is 0 Å². The van der Waals surface area contributed by atoms with E-state index in [0.717, 1.165) is 5.25 Å². The summed E-state index contributed by atoms with van der Waals surface area (Å²) in [5.41, 5.74) is 0. The average molecular weight is 218 g/mol. The quantitative estimate of drug-likeness (QED) is 0.604. The maximum Gasteiger partial charge on any atom is 0.104 e. The highest BCUT2D eigenvalue weighted by Crippen LogP contribution is 2.44. The third-order valence-electron chi connectivity index (χ3n) is 1.90. The Morgan fingerprint density at radius 2 is 2.31 bits per heavy atom. The van der Waals surface area contributed by atoms with E-state index in [9.17, 15) is 0 Å². The number of aromatic nitrogens is 2. The number of imidazole rings is 1. The van der Waals surface area contributed by atoms with Gasteiger partial charge in [0.15, 0.2) is 0 Å². The van der Waals surface area contributed by atoms with E-state index >= 15 is 0 Å².